The third-order valence-corrected chi connectivity index (χ3v) is 6.12. The number of benzene rings is 1. The highest BCUT2D eigenvalue weighted by atomic mass is 35.5. The van der Waals surface area contributed by atoms with E-state index in [0.717, 1.165) is 0 Å². The summed E-state index contributed by atoms with van der Waals surface area (Å²) in [6.45, 7) is 0.271. The number of hydrogen-bond acceptors (Lipinski definition) is 5. The van der Waals surface area contributed by atoms with Crippen LogP contribution in [0, 0.1) is 0 Å². The molecule has 9 heteroatoms. The van der Waals surface area contributed by atoms with Crippen molar-refractivity contribution in [2.75, 3.05) is 16.6 Å². The molecule has 2 heterocycles. The molecule has 1 fully saturated rings. The van der Waals surface area contributed by atoms with Crippen LogP contribution in [0.2, 0.25) is 10.2 Å². The number of rotatable bonds is 4. The number of pyridine rings is 1. The highest BCUT2D eigenvalue weighted by Crippen LogP contribution is 2.25. The van der Waals surface area contributed by atoms with Gasteiger partial charge in [-0.1, -0.05) is 29.3 Å². The summed E-state index contributed by atoms with van der Waals surface area (Å²) >= 11 is 11.8. The van der Waals surface area contributed by atoms with Crippen LogP contribution in [0.25, 0.3) is 0 Å². The summed E-state index contributed by atoms with van der Waals surface area (Å²) in [5.41, 5.74) is 1.05. The molecule has 25 heavy (non-hydrogen) atoms. The monoisotopic (exact) mass is 400 g/mol. The Kier molecular flexibility index (Phi) is 5.17. The zero-order chi connectivity index (χ0) is 18.0. The molecule has 0 radical (unpaired) electrons. The van der Waals surface area contributed by atoms with Crippen LogP contribution in [-0.4, -0.2) is 31.7 Å². The van der Waals surface area contributed by atoms with Gasteiger partial charge in [0.1, 0.15) is 11.8 Å². The minimum Gasteiger partial charge on any atom is -0.456 e. The van der Waals surface area contributed by atoms with Gasteiger partial charge in [0.2, 0.25) is 10.0 Å². The number of aromatic nitrogens is 1. The molecule has 0 aliphatic carbocycles. The number of ether oxygens (including phenoxy) is 1. The molecule has 1 aliphatic rings. The van der Waals surface area contributed by atoms with Gasteiger partial charge < -0.3 is 4.74 Å². The number of anilines is 1. The van der Waals surface area contributed by atoms with Crippen molar-refractivity contribution in [2.45, 2.75) is 13.0 Å². The Morgan fingerprint density at radius 2 is 2.04 bits per heavy atom. The fourth-order valence-electron chi connectivity index (χ4n) is 2.49. The van der Waals surface area contributed by atoms with Gasteiger partial charge in [-0.15, -0.1) is 0 Å². The van der Waals surface area contributed by atoms with Crippen molar-refractivity contribution in [1.82, 2.24) is 4.98 Å². The van der Waals surface area contributed by atoms with E-state index in [4.69, 9.17) is 27.9 Å². The lowest BCUT2D eigenvalue weighted by atomic mass is 10.2. The van der Waals surface area contributed by atoms with E-state index in [-0.39, 0.29) is 23.1 Å². The van der Waals surface area contributed by atoms with E-state index in [1.807, 2.05) is 0 Å². The Morgan fingerprint density at radius 3 is 2.76 bits per heavy atom. The van der Waals surface area contributed by atoms with Gasteiger partial charge in [0.05, 0.1) is 27.7 Å². The van der Waals surface area contributed by atoms with Crippen molar-refractivity contribution in [3.05, 3.63) is 57.8 Å². The quantitative estimate of drug-likeness (QED) is 0.581. The fraction of sp³-hybridized carbons (Fsp3) is 0.250. The van der Waals surface area contributed by atoms with Crippen LogP contribution in [-0.2, 0) is 21.4 Å². The second-order valence-electron chi connectivity index (χ2n) is 5.43. The minimum atomic E-state index is -3.31. The SMILES string of the molecule is O=C(OCc1nc(Cl)ccc1Cl)c1cccc(N2CCCS2(=O)=O)c1. The minimum absolute atomic E-state index is 0.112. The summed E-state index contributed by atoms with van der Waals surface area (Å²) in [5.74, 6) is -0.489. The molecule has 0 saturated carbocycles. The fourth-order valence-corrected chi connectivity index (χ4v) is 4.37. The molecule has 1 aliphatic heterocycles. The van der Waals surface area contributed by atoms with Gasteiger partial charge in [0.25, 0.3) is 0 Å². The molecule has 1 aromatic carbocycles. The molecule has 2 aromatic rings. The number of carbonyl (C=O) groups is 1. The molecule has 0 N–H and O–H groups in total. The first-order chi connectivity index (χ1) is 11.9. The molecule has 0 bridgehead atoms. The Balaban J connectivity index is 1.75. The first-order valence-corrected chi connectivity index (χ1v) is 9.82. The molecule has 0 amide bonds. The molecule has 0 atom stereocenters. The average Bonchev–Trinajstić information content (AvgIpc) is 2.94. The number of sulfonamides is 1. The van der Waals surface area contributed by atoms with Crippen LogP contribution in [0.5, 0.6) is 0 Å². The molecule has 0 spiro atoms. The predicted molar refractivity (Wildman–Crippen MR) is 95.6 cm³/mol. The molecular formula is C16H14Cl2N2O4S. The second-order valence-corrected chi connectivity index (χ2v) is 8.24. The van der Waals surface area contributed by atoms with Crippen LogP contribution >= 0.6 is 23.2 Å². The zero-order valence-corrected chi connectivity index (χ0v) is 15.3. The Bertz CT molecular complexity index is 918. The van der Waals surface area contributed by atoms with Crippen molar-refractivity contribution in [2.24, 2.45) is 0 Å². The summed E-state index contributed by atoms with van der Waals surface area (Å²) in [6, 6.07) is 9.42. The largest absolute Gasteiger partial charge is 0.456 e. The third-order valence-electron chi connectivity index (χ3n) is 3.69. The number of hydrogen-bond donors (Lipinski definition) is 0. The highest BCUT2D eigenvalue weighted by Gasteiger charge is 2.28. The van der Waals surface area contributed by atoms with Gasteiger partial charge >= 0.3 is 5.97 Å². The van der Waals surface area contributed by atoms with Crippen molar-refractivity contribution < 1.29 is 17.9 Å². The van der Waals surface area contributed by atoms with E-state index in [2.05, 4.69) is 4.98 Å². The topological polar surface area (TPSA) is 76.6 Å². The lowest BCUT2D eigenvalue weighted by molar-refractivity contribution is 0.0468. The second kappa shape index (κ2) is 7.19. The summed E-state index contributed by atoms with van der Waals surface area (Å²) in [4.78, 5) is 16.3. The van der Waals surface area contributed by atoms with Crippen molar-refractivity contribution in [3.8, 4) is 0 Å². The number of halogens is 2. The van der Waals surface area contributed by atoms with E-state index in [0.29, 0.717) is 29.4 Å². The normalized spacial score (nSPS) is 16.0. The van der Waals surface area contributed by atoms with Gasteiger partial charge in [-0.2, -0.15) is 0 Å². The summed E-state index contributed by atoms with van der Waals surface area (Å²) in [7, 11) is -3.31. The zero-order valence-electron chi connectivity index (χ0n) is 13.0. The third kappa shape index (κ3) is 4.05. The molecular weight excluding hydrogens is 387 g/mol. The van der Waals surface area contributed by atoms with Gasteiger partial charge in [-0.3, -0.25) is 4.31 Å². The van der Waals surface area contributed by atoms with E-state index >= 15 is 0 Å². The Labute approximate surface area is 155 Å². The first-order valence-electron chi connectivity index (χ1n) is 7.45. The molecule has 3 rings (SSSR count). The Hall–Kier alpha value is -1.83. The van der Waals surface area contributed by atoms with Gasteiger partial charge in [0.15, 0.2) is 0 Å². The lowest BCUT2D eigenvalue weighted by Crippen LogP contribution is -2.25. The molecule has 0 unspecified atom stereocenters. The van der Waals surface area contributed by atoms with Crippen LogP contribution in [0.1, 0.15) is 22.5 Å². The summed E-state index contributed by atoms with van der Waals surface area (Å²) in [6.07, 6.45) is 0.565. The van der Waals surface area contributed by atoms with E-state index in [1.54, 1.807) is 24.3 Å². The number of nitrogens with zero attached hydrogens (tertiary/aromatic N) is 2. The average molecular weight is 401 g/mol. The predicted octanol–water partition coefficient (Wildman–Crippen LogP) is 3.29. The van der Waals surface area contributed by atoms with Gasteiger partial charge in [-0.25, -0.2) is 18.2 Å². The van der Waals surface area contributed by atoms with E-state index in [1.165, 1.54) is 16.4 Å². The van der Waals surface area contributed by atoms with E-state index < -0.39 is 16.0 Å². The van der Waals surface area contributed by atoms with Crippen LogP contribution in [0.4, 0.5) is 5.69 Å². The first kappa shape index (κ1) is 18.0. The number of carbonyl (C=O) groups excluding carboxylic acids is 1. The molecule has 1 saturated heterocycles. The van der Waals surface area contributed by atoms with Crippen molar-refractivity contribution in [3.63, 3.8) is 0 Å². The Morgan fingerprint density at radius 1 is 1.24 bits per heavy atom. The van der Waals surface area contributed by atoms with Crippen LogP contribution in [0.15, 0.2) is 36.4 Å². The maximum atomic E-state index is 12.2. The summed E-state index contributed by atoms with van der Waals surface area (Å²) < 4.78 is 30.5. The number of esters is 1. The van der Waals surface area contributed by atoms with Crippen LogP contribution < -0.4 is 4.31 Å². The van der Waals surface area contributed by atoms with Gasteiger partial charge in [-0.05, 0) is 36.8 Å². The van der Waals surface area contributed by atoms with Crippen LogP contribution in [0.3, 0.4) is 0 Å². The van der Waals surface area contributed by atoms with Crippen molar-refractivity contribution in [1.29, 1.82) is 0 Å². The lowest BCUT2D eigenvalue weighted by Gasteiger charge is -2.17. The molecule has 132 valence electrons. The standard InChI is InChI=1S/C16H14Cl2N2O4S/c17-13-5-6-15(18)19-14(13)10-24-16(21)11-3-1-4-12(9-11)20-7-2-8-25(20,22)23/h1,3-6,9H,2,7-8,10H2. The highest BCUT2D eigenvalue weighted by molar-refractivity contribution is 7.93. The summed E-state index contributed by atoms with van der Waals surface area (Å²) in [5, 5.41) is 0.589. The van der Waals surface area contributed by atoms with Gasteiger partial charge in [0, 0.05) is 6.54 Å². The molecule has 6 nitrogen and oxygen atoms in total. The van der Waals surface area contributed by atoms with E-state index in [9.17, 15) is 13.2 Å². The maximum Gasteiger partial charge on any atom is 0.338 e. The maximum absolute atomic E-state index is 12.2. The smallest absolute Gasteiger partial charge is 0.338 e. The molecule has 1 aromatic heterocycles. The van der Waals surface area contributed by atoms with Crippen molar-refractivity contribution >= 4 is 44.9 Å².